The van der Waals surface area contributed by atoms with Crippen LogP contribution in [0.5, 0.6) is 0 Å². The van der Waals surface area contributed by atoms with Crippen LogP contribution in [0.15, 0.2) is 61.7 Å². The fourth-order valence-corrected chi connectivity index (χ4v) is 2.82. The third-order valence-electron chi connectivity index (χ3n) is 3.99. The molecule has 0 atom stereocenters. The number of pyridine rings is 1. The predicted molar refractivity (Wildman–Crippen MR) is 110 cm³/mol. The highest BCUT2D eigenvalue weighted by molar-refractivity contribution is 6.33. The van der Waals surface area contributed by atoms with Crippen molar-refractivity contribution in [2.45, 2.75) is 0 Å². The van der Waals surface area contributed by atoms with Crippen molar-refractivity contribution in [2.75, 3.05) is 12.4 Å². The first kappa shape index (κ1) is 21.1. The molecule has 3 rings (SSSR count). The van der Waals surface area contributed by atoms with Crippen LogP contribution in [0.4, 0.5) is 14.6 Å². The second-order valence-corrected chi connectivity index (χ2v) is 6.29. The number of amides is 1. The number of halogens is 3. The minimum absolute atomic E-state index is 0.00998. The van der Waals surface area contributed by atoms with E-state index >= 15 is 0 Å². The Morgan fingerprint density at radius 1 is 1.17 bits per heavy atom. The number of rotatable bonds is 6. The van der Waals surface area contributed by atoms with E-state index in [-0.39, 0.29) is 5.82 Å². The second-order valence-electron chi connectivity index (χ2n) is 5.88. The Hall–Kier alpha value is -3.65. The van der Waals surface area contributed by atoms with Gasteiger partial charge in [-0.2, -0.15) is 0 Å². The van der Waals surface area contributed by atoms with E-state index in [1.54, 1.807) is 30.4 Å². The molecule has 0 aliphatic heterocycles. The van der Waals surface area contributed by atoms with Crippen LogP contribution in [-0.4, -0.2) is 28.0 Å². The van der Waals surface area contributed by atoms with Crippen molar-refractivity contribution in [3.63, 3.8) is 0 Å². The lowest BCUT2D eigenvalue weighted by molar-refractivity contribution is 0.101. The molecule has 0 aliphatic carbocycles. The van der Waals surface area contributed by atoms with E-state index in [9.17, 15) is 13.6 Å². The number of ether oxygens (including phenoxy) is 1. The van der Waals surface area contributed by atoms with Crippen LogP contribution in [0.25, 0.3) is 17.0 Å². The Morgan fingerprint density at radius 3 is 2.50 bits per heavy atom. The summed E-state index contributed by atoms with van der Waals surface area (Å²) in [7, 11) is 1.54. The Labute approximate surface area is 175 Å². The van der Waals surface area contributed by atoms with Gasteiger partial charge in [-0.15, -0.1) is 0 Å². The molecule has 152 valence electrons. The zero-order chi connectivity index (χ0) is 21.7. The molecule has 0 radical (unpaired) electrons. The van der Waals surface area contributed by atoms with Gasteiger partial charge < -0.3 is 10.1 Å². The van der Waals surface area contributed by atoms with E-state index in [2.05, 4.69) is 26.8 Å². The topological polar surface area (TPSA) is 77.0 Å². The minimum Gasteiger partial charge on any atom is -0.496 e. The maximum Gasteiger partial charge on any atom is 0.262 e. The summed E-state index contributed by atoms with van der Waals surface area (Å²) in [6, 6.07) is 5.24. The molecule has 0 saturated carbocycles. The number of carbonyl (C=O) groups is 1. The van der Waals surface area contributed by atoms with E-state index in [1.165, 1.54) is 19.5 Å². The Balaban J connectivity index is 1.86. The van der Waals surface area contributed by atoms with Crippen molar-refractivity contribution >= 4 is 29.1 Å². The zero-order valence-corrected chi connectivity index (χ0v) is 16.5. The molecular formula is C21H15ClF2N4O2. The highest BCUT2D eigenvalue weighted by atomic mass is 35.5. The lowest BCUT2D eigenvalue weighted by Gasteiger charge is -2.10. The molecule has 3 aromatic rings. The summed E-state index contributed by atoms with van der Waals surface area (Å²) in [5.41, 5.74) is 1.00. The number of hydrogen-bond acceptors (Lipinski definition) is 5. The average molecular weight is 429 g/mol. The molecule has 9 heteroatoms. The van der Waals surface area contributed by atoms with Gasteiger partial charge in [0.2, 0.25) is 0 Å². The van der Waals surface area contributed by atoms with Gasteiger partial charge in [-0.3, -0.25) is 14.8 Å². The van der Waals surface area contributed by atoms with Gasteiger partial charge in [-0.25, -0.2) is 13.8 Å². The van der Waals surface area contributed by atoms with E-state index in [0.29, 0.717) is 22.0 Å². The summed E-state index contributed by atoms with van der Waals surface area (Å²) in [6.07, 6.45) is 7.43. The number of nitrogens with one attached hydrogen (secondary N) is 1. The number of methoxy groups -OCH3 is 1. The van der Waals surface area contributed by atoms with Crippen molar-refractivity contribution in [1.29, 1.82) is 0 Å². The van der Waals surface area contributed by atoms with Gasteiger partial charge in [-0.05, 0) is 24.3 Å². The average Bonchev–Trinajstić information content (AvgIpc) is 2.73. The second kappa shape index (κ2) is 9.23. The maximum absolute atomic E-state index is 13.7. The van der Waals surface area contributed by atoms with Crippen LogP contribution in [0, 0.1) is 11.6 Å². The van der Waals surface area contributed by atoms with Gasteiger partial charge in [0, 0.05) is 11.1 Å². The van der Waals surface area contributed by atoms with E-state index in [4.69, 9.17) is 16.3 Å². The van der Waals surface area contributed by atoms with Gasteiger partial charge in [0.15, 0.2) is 17.5 Å². The van der Waals surface area contributed by atoms with E-state index < -0.39 is 23.1 Å². The predicted octanol–water partition coefficient (Wildman–Crippen LogP) is 4.90. The molecule has 0 saturated heterocycles. The molecule has 30 heavy (non-hydrogen) atoms. The molecule has 0 fully saturated rings. The first-order chi connectivity index (χ1) is 14.4. The summed E-state index contributed by atoms with van der Waals surface area (Å²) < 4.78 is 32.7. The van der Waals surface area contributed by atoms with Gasteiger partial charge in [0.1, 0.15) is 11.3 Å². The number of allylic oxidation sites excluding steroid dienone is 2. The highest BCUT2D eigenvalue weighted by Crippen LogP contribution is 2.30. The van der Waals surface area contributed by atoms with Crippen molar-refractivity contribution < 1.29 is 18.3 Å². The standard InChI is InChI=1S/C21H15ClF2N4O2/c1-3-4-18(30-2)12-5-6-14(22)13(7-12)17-10-27-19(11-26-17)28-21(29)20-15(23)8-25-9-16(20)24/h3-11H,1H2,2H3,(H,27,28,29)/b18-4-. The zero-order valence-electron chi connectivity index (χ0n) is 15.7. The first-order valence-electron chi connectivity index (χ1n) is 8.54. The lowest BCUT2D eigenvalue weighted by atomic mass is 10.1. The van der Waals surface area contributed by atoms with E-state index in [0.717, 1.165) is 18.0 Å². The molecular weight excluding hydrogens is 414 g/mol. The molecule has 1 amide bonds. The summed E-state index contributed by atoms with van der Waals surface area (Å²) in [5.74, 6) is -2.57. The fourth-order valence-electron chi connectivity index (χ4n) is 2.60. The Bertz CT molecular complexity index is 1110. The third-order valence-corrected chi connectivity index (χ3v) is 4.32. The number of aromatic nitrogens is 3. The van der Waals surface area contributed by atoms with Gasteiger partial charge in [-0.1, -0.05) is 24.3 Å². The largest absolute Gasteiger partial charge is 0.496 e. The van der Waals surface area contributed by atoms with Crippen LogP contribution in [0.2, 0.25) is 5.02 Å². The van der Waals surface area contributed by atoms with Crippen molar-refractivity contribution in [1.82, 2.24) is 15.0 Å². The molecule has 0 spiro atoms. The number of carbonyl (C=O) groups excluding carboxylic acids is 1. The van der Waals surface area contributed by atoms with Gasteiger partial charge >= 0.3 is 0 Å². The number of nitrogens with zero attached hydrogens (tertiary/aromatic N) is 3. The van der Waals surface area contributed by atoms with Crippen molar-refractivity contribution in [2.24, 2.45) is 0 Å². The van der Waals surface area contributed by atoms with Crippen molar-refractivity contribution in [3.05, 3.63) is 89.5 Å². The van der Waals surface area contributed by atoms with Crippen LogP contribution in [0.1, 0.15) is 15.9 Å². The quantitative estimate of drug-likeness (QED) is 0.446. The third kappa shape index (κ3) is 4.49. The monoisotopic (exact) mass is 428 g/mol. The van der Waals surface area contributed by atoms with E-state index in [1.807, 2.05) is 0 Å². The smallest absolute Gasteiger partial charge is 0.262 e. The molecule has 0 aliphatic rings. The van der Waals surface area contributed by atoms with Gasteiger partial charge in [0.25, 0.3) is 5.91 Å². The molecule has 0 bridgehead atoms. The highest BCUT2D eigenvalue weighted by Gasteiger charge is 2.18. The summed E-state index contributed by atoms with van der Waals surface area (Å²) >= 11 is 6.29. The molecule has 2 heterocycles. The Kier molecular flexibility index (Phi) is 6.48. The summed E-state index contributed by atoms with van der Waals surface area (Å²) in [4.78, 5) is 23.8. The van der Waals surface area contributed by atoms with Gasteiger partial charge in [0.05, 0.1) is 42.6 Å². The normalized spacial score (nSPS) is 11.1. The maximum atomic E-state index is 13.7. The van der Waals surface area contributed by atoms with Crippen LogP contribution in [0.3, 0.4) is 0 Å². The number of benzene rings is 1. The van der Waals surface area contributed by atoms with Crippen molar-refractivity contribution in [3.8, 4) is 11.3 Å². The summed E-state index contributed by atoms with van der Waals surface area (Å²) in [5, 5.41) is 2.73. The lowest BCUT2D eigenvalue weighted by Crippen LogP contribution is -2.17. The number of anilines is 1. The number of hydrogen-bond donors (Lipinski definition) is 1. The minimum atomic E-state index is -1.08. The SMILES string of the molecule is C=C/C=C(\OC)c1ccc(Cl)c(-c2cnc(NC(=O)c3c(F)cncc3F)cn2)c1. The summed E-state index contributed by atoms with van der Waals surface area (Å²) in [6.45, 7) is 3.65. The molecule has 1 N–H and O–H groups in total. The molecule has 2 aromatic heterocycles. The fraction of sp³-hybridized carbons (Fsp3) is 0.0476. The van der Waals surface area contributed by atoms with Crippen LogP contribution >= 0.6 is 11.6 Å². The molecule has 0 unspecified atom stereocenters. The van der Waals surface area contributed by atoms with Crippen LogP contribution in [-0.2, 0) is 4.74 Å². The Morgan fingerprint density at radius 2 is 1.90 bits per heavy atom. The first-order valence-corrected chi connectivity index (χ1v) is 8.91. The molecule has 6 nitrogen and oxygen atoms in total. The van der Waals surface area contributed by atoms with Crippen LogP contribution < -0.4 is 5.32 Å². The molecule has 1 aromatic carbocycles.